The number of rotatable bonds is 3. The summed E-state index contributed by atoms with van der Waals surface area (Å²) in [6.45, 7) is 5.89. The summed E-state index contributed by atoms with van der Waals surface area (Å²) in [7, 11) is 0. The number of aliphatic hydroxyl groups excluding tert-OH is 1. The Morgan fingerprint density at radius 3 is 2.61 bits per heavy atom. The molecule has 0 aromatic heterocycles. The number of halogens is 1. The average Bonchev–Trinajstić information content (AvgIpc) is 2.89. The van der Waals surface area contributed by atoms with Crippen molar-refractivity contribution in [3.05, 3.63) is 23.8 Å². The van der Waals surface area contributed by atoms with E-state index in [2.05, 4.69) is 0 Å². The summed E-state index contributed by atoms with van der Waals surface area (Å²) in [4.78, 5) is 36.2. The van der Waals surface area contributed by atoms with Crippen LogP contribution in [-0.4, -0.2) is 51.7 Å². The van der Waals surface area contributed by atoms with Gasteiger partial charge in [-0.25, -0.2) is 4.39 Å². The highest BCUT2D eigenvalue weighted by atomic mass is 19.1. The Balaban J connectivity index is 1.76. The van der Waals surface area contributed by atoms with Crippen molar-refractivity contribution < 1.29 is 33.7 Å². The van der Waals surface area contributed by atoms with Crippen molar-refractivity contribution >= 4 is 17.5 Å². The molecule has 2 N–H and O–H groups in total. The third kappa shape index (κ3) is 2.65. The molecular weight excluding hydrogens is 403 g/mol. The maximum absolute atomic E-state index is 17.0. The second-order valence-corrected chi connectivity index (χ2v) is 10.4. The Labute approximate surface area is 181 Å². The molecule has 4 aliphatic carbocycles. The lowest BCUT2D eigenvalue weighted by molar-refractivity contribution is -0.219. The number of fused-ring (bicyclic) bond motifs is 5. The van der Waals surface area contributed by atoms with Gasteiger partial charge < -0.3 is 14.9 Å². The molecule has 0 spiro atoms. The molecule has 8 atom stereocenters. The smallest absolute Gasteiger partial charge is 0.303 e. The SMILES string of the molecule is CC(=O)OCC(=O)[C@@]1(O)[C@@H](C)C[C@@H]2[C@@H]3CCC4=CC(=O)C=C[C@]4(C)[C@@]3(F)[C@@H](O)C[C@@]21C. The number of Topliss-reactive ketones (excluding diaryl/α,β-unsaturated/α-hetero) is 1. The average molecular weight is 435 g/mol. The van der Waals surface area contributed by atoms with E-state index in [0.29, 0.717) is 24.8 Å². The predicted octanol–water partition coefficient (Wildman–Crippen LogP) is 2.47. The molecule has 0 unspecified atom stereocenters. The normalized spacial score (nSPS) is 48.4. The van der Waals surface area contributed by atoms with E-state index < -0.39 is 58.4 Å². The van der Waals surface area contributed by atoms with Gasteiger partial charge in [-0.1, -0.05) is 25.5 Å². The van der Waals surface area contributed by atoms with Crippen LogP contribution in [0.15, 0.2) is 23.8 Å². The van der Waals surface area contributed by atoms with Crippen molar-refractivity contribution in [2.45, 2.75) is 70.8 Å². The Morgan fingerprint density at radius 2 is 1.97 bits per heavy atom. The van der Waals surface area contributed by atoms with Gasteiger partial charge in [-0.2, -0.15) is 0 Å². The number of allylic oxidation sites excluding steroid dienone is 4. The van der Waals surface area contributed by atoms with Crippen molar-refractivity contribution in [3.63, 3.8) is 0 Å². The van der Waals surface area contributed by atoms with E-state index in [1.54, 1.807) is 26.8 Å². The number of esters is 1. The van der Waals surface area contributed by atoms with Crippen molar-refractivity contribution in [3.8, 4) is 0 Å². The summed E-state index contributed by atoms with van der Waals surface area (Å²) in [6.07, 6.45) is 4.29. The molecule has 0 saturated heterocycles. The summed E-state index contributed by atoms with van der Waals surface area (Å²) >= 11 is 0. The molecular formula is C24H31FO6. The fourth-order valence-electron chi connectivity index (χ4n) is 7.42. The third-order valence-electron chi connectivity index (χ3n) is 9.05. The molecule has 7 heteroatoms. The number of carbonyl (C=O) groups is 3. The van der Waals surface area contributed by atoms with Crippen LogP contribution >= 0.6 is 0 Å². The summed E-state index contributed by atoms with van der Waals surface area (Å²) in [5, 5.41) is 22.9. The minimum absolute atomic E-state index is 0.0953. The molecule has 0 amide bonds. The maximum Gasteiger partial charge on any atom is 0.303 e. The molecule has 0 aromatic rings. The van der Waals surface area contributed by atoms with Crippen LogP contribution in [0.3, 0.4) is 0 Å². The second-order valence-electron chi connectivity index (χ2n) is 10.4. The van der Waals surface area contributed by atoms with E-state index in [-0.39, 0.29) is 18.1 Å². The summed E-state index contributed by atoms with van der Waals surface area (Å²) < 4.78 is 21.9. The van der Waals surface area contributed by atoms with Crippen LogP contribution in [0.5, 0.6) is 0 Å². The standard InChI is InChI=1S/C24H31FO6/c1-13-9-18-17-6-5-15-10-16(27)7-8-21(15,3)23(17,25)19(28)11-22(18,4)24(13,30)20(29)12-31-14(2)26/h7-8,10,13,17-19,28,30H,5-6,9,11-12H2,1-4H3/t13-,17-,18+,19-,21-,22-,23-,24-/m0/s1. The zero-order valence-electron chi connectivity index (χ0n) is 18.5. The van der Waals surface area contributed by atoms with Gasteiger partial charge in [0.1, 0.15) is 5.60 Å². The predicted molar refractivity (Wildman–Crippen MR) is 109 cm³/mol. The van der Waals surface area contributed by atoms with Gasteiger partial charge >= 0.3 is 5.97 Å². The number of ketones is 2. The van der Waals surface area contributed by atoms with E-state index in [1.165, 1.54) is 19.1 Å². The van der Waals surface area contributed by atoms with Crippen molar-refractivity contribution in [1.82, 2.24) is 0 Å². The maximum atomic E-state index is 17.0. The highest BCUT2D eigenvalue weighted by Crippen LogP contribution is 2.70. The van der Waals surface area contributed by atoms with Gasteiger partial charge in [-0.3, -0.25) is 14.4 Å². The number of alkyl halides is 1. The Kier molecular flexibility index (Phi) is 4.91. The first-order chi connectivity index (χ1) is 14.3. The molecule has 3 fully saturated rings. The molecule has 4 aliphatic rings. The van der Waals surface area contributed by atoms with Crippen LogP contribution in [0.2, 0.25) is 0 Å². The van der Waals surface area contributed by atoms with Crippen LogP contribution < -0.4 is 0 Å². The minimum atomic E-state index is -2.01. The molecule has 0 radical (unpaired) electrons. The quantitative estimate of drug-likeness (QED) is 0.662. The molecule has 3 saturated carbocycles. The van der Waals surface area contributed by atoms with Crippen molar-refractivity contribution in [2.24, 2.45) is 28.6 Å². The first kappa shape index (κ1) is 22.3. The van der Waals surface area contributed by atoms with Gasteiger partial charge in [0.15, 0.2) is 18.1 Å². The van der Waals surface area contributed by atoms with Crippen LogP contribution in [0.4, 0.5) is 4.39 Å². The van der Waals surface area contributed by atoms with Gasteiger partial charge in [-0.05, 0) is 56.6 Å². The van der Waals surface area contributed by atoms with E-state index in [4.69, 9.17) is 4.74 Å². The highest BCUT2D eigenvalue weighted by molar-refractivity contribution is 6.01. The van der Waals surface area contributed by atoms with E-state index in [1.807, 2.05) is 0 Å². The highest BCUT2D eigenvalue weighted by Gasteiger charge is 2.75. The fourth-order valence-corrected chi connectivity index (χ4v) is 7.42. The first-order valence-corrected chi connectivity index (χ1v) is 11.0. The lowest BCUT2D eigenvalue weighted by Crippen LogP contribution is -2.69. The fraction of sp³-hybridized carbons (Fsp3) is 0.708. The van der Waals surface area contributed by atoms with Gasteiger partial charge in [0.25, 0.3) is 0 Å². The zero-order valence-corrected chi connectivity index (χ0v) is 18.5. The molecule has 0 heterocycles. The molecule has 170 valence electrons. The Hall–Kier alpha value is -1.86. The van der Waals surface area contributed by atoms with Crippen LogP contribution in [-0.2, 0) is 19.1 Å². The van der Waals surface area contributed by atoms with Crippen LogP contribution in [0.1, 0.15) is 53.4 Å². The number of carbonyl (C=O) groups excluding carboxylic acids is 3. The summed E-state index contributed by atoms with van der Waals surface area (Å²) in [5.41, 5.74) is -5.33. The van der Waals surface area contributed by atoms with Gasteiger partial charge in [0, 0.05) is 23.7 Å². The number of ether oxygens (including phenoxy) is 1. The van der Waals surface area contributed by atoms with Gasteiger partial charge in [0.2, 0.25) is 5.78 Å². The number of hydrogen-bond acceptors (Lipinski definition) is 6. The van der Waals surface area contributed by atoms with E-state index >= 15 is 4.39 Å². The topological polar surface area (TPSA) is 101 Å². The minimum Gasteiger partial charge on any atom is -0.458 e. The number of aliphatic hydroxyl groups is 2. The molecule has 4 rings (SSSR count). The largest absolute Gasteiger partial charge is 0.458 e. The van der Waals surface area contributed by atoms with Crippen molar-refractivity contribution in [1.29, 1.82) is 0 Å². The van der Waals surface area contributed by atoms with Gasteiger partial charge in [0.05, 0.1) is 6.10 Å². The second kappa shape index (κ2) is 6.82. The van der Waals surface area contributed by atoms with E-state index in [9.17, 15) is 24.6 Å². The third-order valence-corrected chi connectivity index (χ3v) is 9.05. The van der Waals surface area contributed by atoms with Crippen molar-refractivity contribution in [2.75, 3.05) is 6.61 Å². The molecule has 31 heavy (non-hydrogen) atoms. The lowest BCUT2D eigenvalue weighted by atomic mass is 9.44. The lowest BCUT2D eigenvalue weighted by Gasteiger charge is -2.62. The first-order valence-electron chi connectivity index (χ1n) is 11.0. The Morgan fingerprint density at radius 1 is 1.29 bits per heavy atom. The zero-order chi connectivity index (χ0) is 23.0. The monoisotopic (exact) mass is 434 g/mol. The molecule has 6 nitrogen and oxygen atoms in total. The Bertz CT molecular complexity index is 910. The summed E-state index contributed by atoms with van der Waals surface area (Å²) in [5.74, 6) is -2.80. The van der Waals surface area contributed by atoms with Crippen LogP contribution in [0.25, 0.3) is 0 Å². The number of hydrogen-bond donors (Lipinski definition) is 2. The van der Waals surface area contributed by atoms with Gasteiger partial charge in [-0.15, -0.1) is 0 Å². The molecule has 0 bridgehead atoms. The van der Waals surface area contributed by atoms with E-state index in [0.717, 1.165) is 0 Å². The molecule has 0 aromatic carbocycles. The summed E-state index contributed by atoms with van der Waals surface area (Å²) in [6, 6.07) is 0. The molecule has 0 aliphatic heterocycles. The van der Waals surface area contributed by atoms with Crippen LogP contribution in [0, 0.1) is 28.6 Å².